The summed E-state index contributed by atoms with van der Waals surface area (Å²) in [5.74, 6) is 0. The standard InChI is InChI=1S/CH4.2BH3O3/c;2*2-1(3)4/h1H4;2*2-4H. The Hall–Kier alpha value is -0.110. The van der Waals surface area contributed by atoms with Crippen LogP contribution in [0.25, 0.3) is 0 Å². The lowest BCUT2D eigenvalue weighted by Crippen LogP contribution is -2.07. The monoisotopic (exact) mass is 140 g/mol. The van der Waals surface area contributed by atoms with Gasteiger partial charge < -0.3 is 30.1 Å². The van der Waals surface area contributed by atoms with E-state index in [0.717, 1.165) is 0 Å². The normalized spacial score (nSPS) is 6.00. The highest BCUT2D eigenvalue weighted by Crippen LogP contribution is 1.40. The van der Waals surface area contributed by atoms with Crippen molar-refractivity contribution in [3.63, 3.8) is 0 Å². The molecule has 6 N–H and O–H groups in total. The van der Waals surface area contributed by atoms with Gasteiger partial charge >= 0.3 is 14.6 Å². The Labute approximate surface area is 53.4 Å². The summed E-state index contributed by atoms with van der Waals surface area (Å²) in [7, 11) is -4.33. The smallest absolute Gasteiger partial charge is 0.402 e. The van der Waals surface area contributed by atoms with Crippen LogP contribution in [0.1, 0.15) is 7.43 Å². The highest BCUT2D eigenvalue weighted by Gasteiger charge is 1.93. The molecular formula is CH10B2O6. The molecule has 0 spiro atoms. The van der Waals surface area contributed by atoms with Crippen LogP contribution in [-0.2, 0) is 0 Å². The van der Waals surface area contributed by atoms with Gasteiger partial charge in [0.1, 0.15) is 0 Å². The molecule has 0 aromatic rings. The van der Waals surface area contributed by atoms with E-state index in [9.17, 15) is 0 Å². The van der Waals surface area contributed by atoms with Crippen LogP contribution in [0.2, 0.25) is 0 Å². The van der Waals surface area contributed by atoms with Gasteiger partial charge in [0.2, 0.25) is 0 Å². The second-order valence-electron chi connectivity index (χ2n) is 0.693. The third-order valence-corrected chi connectivity index (χ3v) is 0. The predicted molar refractivity (Wildman–Crippen MR) is 31.6 cm³/mol. The summed E-state index contributed by atoms with van der Waals surface area (Å²) < 4.78 is 0. The van der Waals surface area contributed by atoms with Crippen LogP contribution in [0.5, 0.6) is 0 Å². The van der Waals surface area contributed by atoms with Gasteiger partial charge in [0.25, 0.3) is 0 Å². The lowest BCUT2D eigenvalue weighted by molar-refractivity contribution is 0.276. The first-order chi connectivity index (χ1) is 3.46. The topological polar surface area (TPSA) is 121 Å². The SMILES string of the molecule is C.OB(O)O.OB(O)O. The fraction of sp³-hybridized carbons (Fsp3) is 1.00. The molecule has 0 rings (SSSR count). The number of rotatable bonds is 0. The van der Waals surface area contributed by atoms with Crippen molar-refractivity contribution in [2.75, 3.05) is 0 Å². The van der Waals surface area contributed by atoms with Crippen molar-refractivity contribution in [2.45, 2.75) is 7.43 Å². The molecule has 0 aromatic carbocycles. The van der Waals surface area contributed by atoms with Crippen molar-refractivity contribution in [1.29, 1.82) is 0 Å². The fourth-order valence-corrected chi connectivity index (χ4v) is 0. The molecule has 6 nitrogen and oxygen atoms in total. The molecule has 56 valence electrons. The van der Waals surface area contributed by atoms with Crippen molar-refractivity contribution in [3.05, 3.63) is 0 Å². The van der Waals surface area contributed by atoms with Gasteiger partial charge in [0.05, 0.1) is 0 Å². The molecule has 0 radical (unpaired) electrons. The van der Waals surface area contributed by atoms with Crippen molar-refractivity contribution in [2.24, 2.45) is 0 Å². The molecule has 0 heterocycles. The van der Waals surface area contributed by atoms with Gasteiger partial charge in [-0.1, -0.05) is 7.43 Å². The van der Waals surface area contributed by atoms with Crippen LogP contribution < -0.4 is 0 Å². The van der Waals surface area contributed by atoms with Crippen LogP contribution in [0.3, 0.4) is 0 Å². The summed E-state index contributed by atoms with van der Waals surface area (Å²) in [4.78, 5) is 0. The minimum atomic E-state index is -2.17. The van der Waals surface area contributed by atoms with Crippen LogP contribution in [0.4, 0.5) is 0 Å². The first-order valence-corrected chi connectivity index (χ1v) is 1.55. The Kier molecular flexibility index (Phi) is 19.1. The molecule has 0 saturated carbocycles. The zero-order valence-corrected chi connectivity index (χ0v) is 3.84. The van der Waals surface area contributed by atoms with Gasteiger partial charge in [-0.2, -0.15) is 0 Å². The number of hydrogen-bond acceptors (Lipinski definition) is 6. The van der Waals surface area contributed by atoms with Crippen LogP contribution in [0, 0.1) is 0 Å². The summed E-state index contributed by atoms with van der Waals surface area (Å²) in [6.45, 7) is 0. The second-order valence-corrected chi connectivity index (χ2v) is 0.693. The van der Waals surface area contributed by atoms with E-state index in [0.29, 0.717) is 0 Å². The molecule has 0 aliphatic heterocycles. The molecule has 0 aromatic heterocycles. The maximum atomic E-state index is 7.17. The third-order valence-electron chi connectivity index (χ3n) is 0. The first kappa shape index (κ1) is 16.0. The van der Waals surface area contributed by atoms with Crippen molar-refractivity contribution in [3.8, 4) is 0 Å². The van der Waals surface area contributed by atoms with Gasteiger partial charge in [-0.15, -0.1) is 0 Å². The molecule has 0 saturated heterocycles. The van der Waals surface area contributed by atoms with Gasteiger partial charge in [-0.3, -0.25) is 0 Å². The van der Waals surface area contributed by atoms with E-state index < -0.39 is 14.6 Å². The molecule has 0 unspecified atom stereocenters. The Morgan fingerprint density at radius 3 is 0.556 bits per heavy atom. The average molecular weight is 140 g/mol. The minimum Gasteiger partial charge on any atom is -0.402 e. The molecule has 0 bridgehead atoms. The summed E-state index contributed by atoms with van der Waals surface area (Å²) >= 11 is 0. The third kappa shape index (κ3) is 22600. The Bertz CT molecular complexity index is 26.5. The molecule has 0 aliphatic rings. The molecule has 0 amide bonds. The average Bonchev–Trinajstić information content (AvgIpc) is 1.25. The van der Waals surface area contributed by atoms with E-state index in [1.165, 1.54) is 0 Å². The zero-order chi connectivity index (χ0) is 7.15. The highest BCUT2D eigenvalue weighted by atomic mass is 16.5. The van der Waals surface area contributed by atoms with Crippen molar-refractivity contribution in [1.82, 2.24) is 0 Å². The molecule has 0 fully saturated rings. The predicted octanol–water partition coefficient (Wildman–Crippen LogP) is -3.47. The van der Waals surface area contributed by atoms with Gasteiger partial charge in [0.15, 0.2) is 0 Å². The van der Waals surface area contributed by atoms with E-state index in [1.54, 1.807) is 0 Å². The lowest BCUT2D eigenvalue weighted by Gasteiger charge is -1.69. The number of hydrogen-bond donors (Lipinski definition) is 6. The second kappa shape index (κ2) is 10.8. The zero-order valence-electron chi connectivity index (χ0n) is 3.84. The van der Waals surface area contributed by atoms with Gasteiger partial charge in [0, 0.05) is 0 Å². The summed E-state index contributed by atoms with van der Waals surface area (Å²) in [5.41, 5.74) is 0. The molecule has 0 aliphatic carbocycles. The van der Waals surface area contributed by atoms with E-state index in [4.69, 9.17) is 30.1 Å². The lowest BCUT2D eigenvalue weighted by atomic mass is 10.3. The Balaban J connectivity index is -0.0000000720. The van der Waals surface area contributed by atoms with Crippen LogP contribution in [-0.4, -0.2) is 44.8 Å². The minimum absolute atomic E-state index is 0. The maximum absolute atomic E-state index is 7.17. The maximum Gasteiger partial charge on any atom is 0.631 e. The van der Waals surface area contributed by atoms with Gasteiger partial charge in [-0.25, -0.2) is 0 Å². The van der Waals surface area contributed by atoms with E-state index >= 15 is 0 Å². The summed E-state index contributed by atoms with van der Waals surface area (Å²) in [6.07, 6.45) is 0. The fourth-order valence-electron chi connectivity index (χ4n) is 0. The van der Waals surface area contributed by atoms with Crippen molar-refractivity contribution < 1.29 is 30.1 Å². The largest absolute Gasteiger partial charge is 0.631 e. The van der Waals surface area contributed by atoms with E-state index in [1.807, 2.05) is 0 Å². The Morgan fingerprint density at radius 1 is 0.556 bits per heavy atom. The summed E-state index contributed by atoms with van der Waals surface area (Å²) in [6, 6.07) is 0. The molecular weight excluding hydrogens is 130 g/mol. The highest BCUT2D eigenvalue weighted by molar-refractivity contribution is 6.30. The van der Waals surface area contributed by atoms with E-state index in [2.05, 4.69) is 0 Å². The first-order valence-electron chi connectivity index (χ1n) is 1.55. The quantitative estimate of drug-likeness (QED) is 0.194. The van der Waals surface area contributed by atoms with Crippen molar-refractivity contribution >= 4 is 14.6 Å². The molecule has 9 heavy (non-hydrogen) atoms. The molecule has 0 atom stereocenters. The summed E-state index contributed by atoms with van der Waals surface area (Å²) in [5, 5.41) is 43.0. The van der Waals surface area contributed by atoms with E-state index in [-0.39, 0.29) is 7.43 Å². The van der Waals surface area contributed by atoms with Gasteiger partial charge in [-0.05, 0) is 0 Å². The molecule has 8 heteroatoms. The Morgan fingerprint density at radius 2 is 0.556 bits per heavy atom. The van der Waals surface area contributed by atoms with Crippen LogP contribution in [0.15, 0.2) is 0 Å². The van der Waals surface area contributed by atoms with Crippen LogP contribution >= 0.6 is 0 Å².